The van der Waals surface area contributed by atoms with E-state index in [-0.39, 0.29) is 11.8 Å². The van der Waals surface area contributed by atoms with Crippen LogP contribution in [-0.2, 0) is 11.2 Å². The van der Waals surface area contributed by atoms with E-state index in [9.17, 15) is 4.79 Å². The van der Waals surface area contributed by atoms with E-state index in [4.69, 9.17) is 4.74 Å². The average Bonchev–Trinajstić information content (AvgIpc) is 2.51. The molecule has 1 aliphatic rings. The van der Waals surface area contributed by atoms with Gasteiger partial charge in [-0.2, -0.15) is 0 Å². The number of fused-ring (bicyclic) bond motifs is 1. The first kappa shape index (κ1) is 14.1. The number of carbonyl (C=O) groups is 1. The molecule has 0 radical (unpaired) electrons. The number of para-hydroxylation sites is 1. The van der Waals surface area contributed by atoms with Crippen molar-refractivity contribution in [1.29, 1.82) is 0 Å². The highest BCUT2D eigenvalue weighted by molar-refractivity contribution is 9.10. The largest absolute Gasteiger partial charge is 0.492 e. The molecule has 1 amide bonds. The van der Waals surface area contributed by atoms with Crippen LogP contribution in [0.4, 0.5) is 5.69 Å². The molecule has 1 unspecified atom stereocenters. The van der Waals surface area contributed by atoms with Crippen LogP contribution in [0.2, 0.25) is 0 Å². The summed E-state index contributed by atoms with van der Waals surface area (Å²) < 4.78 is 6.60. The summed E-state index contributed by atoms with van der Waals surface area (Å²) in [7, 11) is 0. The zero-order chi connectivity index (χ0) is 14.8. The number of halogens is 1. The maximum Gasteiger partial charge on any atom is 0.231 e. The van der Waals surface area contributed by atoms with Crippen molar-refractivity contribution in [3.8, 4) is 5.75 Å². The normalized spacial score (nSPS) is 16.8. The number of benzene rings is 2. The van der Waals surface area contributed by atoms with Crippen molar-refractivity contribution in [3.63, 3.8) is 0 Å². The van der Waals surface area contributed by atoms with Gasteiger partial charge < -0.3 is 10.1 Å². The SMILES string of the molecule is Cc1cccc(NC(=O)C2COc3ccccc3C2)c1Br. The molecule has 21 heavy (non-hydrogen) atoms. The zero-order valence-electron chi connectivity index (χ0n) is 11.7. The summed E-state index contributed by atoms with van der Waals surface area (Å²) in [6, 6.07) is 13.7. The lowest BCUT2D eigenvalue weighted by Crippen LogP contribution is -2.32. The monoisotopic (exact) mass is 345 g/mol. The standard InChI is InChI=1S/C17H16BrNO2/c1-11-5-4-7-14(16(11)18)19-17(20)13-9-12-6-2-3-8-15(12)21-10-13/h2-8,13H,9-10H2,1H3,(H,19,20). The van der Waals surface area contributed by atoms with Gasteiger partial charge in [-0.3, -0.25) is 4.79 Å². The molecule has 3 nitrogen and oxygen atoms in total. The molecule has 0 bridgehead atoms. The Balaban J connectivity index is 1.74. The third-order valence-corrected chi connectivity index (χ3v) is 4.75. The highest BCUT2D eigenvalue weighted by Gasteiger charge is 2.26. The number of amides is 1. The van der Waals surface area contributed by atoms with Gasteiger partial charge in [0.2, 0.25) is 5.91 Å². The summed E-state index contributed by atoms with van der Waals surface area (Å²) in [4.78, 5) is 12.4. The van der Waals surface area contributed by atoms with Gasteiger partial charge in [-0.15, -0.1) is 0 Å². The molecule has 2 aromatic carbocycles. The van der Waals surface area contributed by atoms with Crippen molar-refractivity contribution >= 4 is 27.5 Å². The van der Waals surface area contributed by atoms with Crippen molar-refractivity contribution in [2.75, 3.05) is 11.9 Å². The van der Waals surface area contributed by atoms with Crippen molar-refractivity contribution in [3.05, 3.63) is 58.1 Å². The number of nitrogens with one attached hydrogen (secondary N) is 1. The summed E-state index contributed by atoms with van der Waals surface area (Å²) in [6.07, 6.45) is 0.714. The molecule has 0 aliphatic carbocycles. The van der Waals surface area contributed by atoms with Gasteiger partial charge in [0.15, 0.2) is 0 Å². The van der Waals surface area contributed by atoms with Crippen LogP contribution in [0.25, 0.3) is 0 Å². The molecule has 4 heteroatoms. The van der Waals surface area contributed by atoms with Crippen LogP contribution in [0.3, 0.4) is 0 Å². The van der Waals surface area contributed by atoms with Crippen LogP contribution >= 0.6 is 15.9 Å². The number of rotatable bonds is 2. The number of hydrogen-bond donors (Lipinski definition) is 1. The number of anilines is 1. The second-order valence-corrected chi connectivity index (χ2v) is 6.04. The molecule has 0 saturated carbocycles. The van der Waals surface area contributed by atoms with Crippen molar-refractivity contribution in [1.82, 2.24) is 0 Å². The number of hydrogen-bond acceptors (Lipinski definition) is 2. The van der Waals surface area contributed by atoms with Gasteiger partial charge in [0.05, 0.1) is 11.6 Å². The van der Waals surface area contributed by atoms with Crippen LogP contribution < -0.4 is 10.1 Å². The van der Waals surface area contributed by atoms with Gasteiger partial charge in [0.1, 0.15) is 12.4 Å². The maximum absolute atomic E-state index is 12.4. The van der Waals surface area contributed by atoms with E-state index in [1.54, 1.807) is 0 Å². The Morgan fingerprint density at radius 3 is 2.90 bits per heavy atom. The van der Waals surface area contributed by atoms with E-state index in [0.717, 1.165) is 27.0 Å². The van der Waals surface area contributed by atoms with Gasteiger partial charge in [0, 0.05) is 4.47 Å². The highest BCUT2D eigenvalue weighted by atomic mass is 79.9. The lowest BCUT2D eigenvalue weighted by molar-refractivity contribution is -0.121. The highest BCUT2D eigenvalue weighted by Crippen LogP contribution is 2.29. The molecule has 1 atom stereocenters. The number of aryl methyl sites for hydroxylation is 1. The minimum atomic E-state index is -0.160. The quantitative estimate of drug-likeness (QED) is 0.894. The van der Waals surface area contributed by atoms with Gasteiger partial charge in [-0.05, 0) is 52.5 Å². The summed E-state index contributed by atoms with van der Waals surface area (Å²) in [5.74, 6) is 0.724. The van der Waals surface area contributed by atoms with Gasteiger partial charge in [-0.25, -0.2) is 0 Å². The Morgan fingerprint density at radius 1 is 1.24 bits per heavy atom. The second-order valence-electron chi connectivity index (χ2n) is 5.25. The molecule has 0 saturated heterocycles. The maximum atomic E-state index is 12.4. The fourth-order valence-electron chi connectivity index (χ4n) is 2.48. The van der Waals surface area contributed by atoms with E-state index in [0.29, 0.717) is 13.0 Å². The van der Waals surface area contributed by atoms with Crippen LogP contribution in [0.1, 0.15) is 11.1 Å². The first-order valence-corrected chi connectivity index (χ1v) is 7.71. The summed E-state index contributed by atoms with van der Waals surface area (Å²) in [5.41, 5.74) is 2.99. The minimum Gasteiger partial charge on any atom is -0.492 e. The van der Waals surface area contributed by atoms with Crippen LogP contribution in [0.5, 0.6) is 5.75 Å². The van der Waals surface area contributed by atoms with Gasteiger partial charge in [-0.1, -0.05) is 30.3 Å². The molecule has 1 heterocycles. The molecule has 0 aromatic heterocycles. The topological polar surface area (TPSA) is 38.3 Å². The third kappa shape index (κ3) is 2.95. The Hall–Kier alpha value is -1.81. The van der Waals surface area contributed by atoms with E-state index >= 15 is 0 Å². The zero-order valence-corrected chi connectivity index (χ0v) is 13.3. The van der Waals surface area contributed by atoms with E-state index in [2.05, 4.69) is 21.2 Å². The van der Waals surface area contributed by atoms with Crippen LogP contribution in [0.15, 0.2) is 46.9 Å². The average molecular weight is 346 g/mol. The van der Waals surface area contributed by atoms with E-state index in [1.165, 1.54) is 0 Å². The molecule has 1 aliphatic heterocycles. The van der Waals surface area contributed by atoms with Crippen LogP contribution in [-0.4, -0.2) is 12.5 Å². The Kier molecular flexibility index (Phi) is 3.97. The van der Waals surface area contributed by atoms with E-state index in [1.807, 2.05) is 49.4 Å². The molecule has 108 valence electrons. The number of ether oxygens (including phenoxy) is 1. The molecule has 3 rings (SSSR count). The Labute approximate surface area is 132 Å². The molecular formula is C17H16BrNO2. The molecule has 1 N–H and O–H groups in total. The molecular weight excluding hydrogens is 330 g/mol. The molecule has 2 aromatic rings. The smallest absolute Gasteiger partial charge is 0.231 e. The lowest BCUT2D eigenvalue weighted by Gasteiger charge is -2.24. The lowest BCUT2D eigenvalue weighted by atomic mass is 9.96. The van der Waals surface area contributed by atoms with Gasteiger partial charge in [0.25, 0.3) is 0 Å². The first-order valence-electron chi connectivity index (χ1n) is 6.92. The van der Waals surface area contributed by atoms with Gasteiger partial charge >= 0.3 is 0 Å². The third-order valence-electron chi connectivity index (χ3n) is 3.70. The number of carbonyl (C=O) groups excluding carboxylic acids is 1. The Morgan fingerprint density at radius 2 is 2.05 bits per heavy atom. The first-order chi connectivity index (χ1) is 10.1. The predicted molar refractivity (Wildman–Crippen MR) is 86.6 cm³/mol. The fraction of sp³-hybridized carbons (Fsp3) is 0.235. The molecule has 0 fully saturated rings. The van der Waals surface area contributed by atoms with Crippen molar-refractivity contribution in [2.45, 2.75) is 13.3 Å². The minimum absolute atomic E-state index is 0.00389. The summed E-state index contributed by atoms with van der Waals surface area (Å²) in [6.45, 7) is 2.42. The predicted octanol–water partition coefficient (Wildman–Crippen LogP) is 3.95. The van der Waals surface area contributed by atoms with E-state index < -0.39 is 0 Å². The second kappa shape index (κ2) is 5.90. The summed E-state index contributed by atoms with van der Waals surface area (Å²) >= 11 is 3.51. The summed E-state index contributed by atoms with van der Waals surface area (Å²) in [5, 5.41) is 2.99. The van der Waals surface area contributed by atoms with Crippen LogP contribution in [0, 0.1) is 12.8 Å². The fourth-order valence-corrected chi connectivity index (χ4v) is 2.84. The van der Waals surface area contributed by atoms with Crippen molar-refractivity contribution in [2.24, 2.45) is 5.92 Å². The van der Waals surface area contributed by atoms with Crippen molar-refractivity contribution < 1.29 is 9.53 Å². The Bertz CT molecular complexity index is 684. The molecule has 0 spiro atoms.